The van der Waals surface area contributed by atoms with Crippen LogP contribution in [0, 0.1) is 5.92 Å². The fraction of sp³-hybridized carbons (Fsp3) is 0.471. The van der Waals surface area contributed by atoms with Crippen molar-refractivity contribution in [3.05, 3.63) is 35.4 Å². The number of rotatable bonds is 5. The van der Waals surface area contributed by atoms with E-state index < -0.39 is 12.0 Å². The van der Waals surface area contributed by atoms with Crippen LogP contribution < -0.4 is 5.73 Å². The van der Waals surface area contributed by atoms with Crippen LogP contribution in [0.3, 0.4) is 0 Å². The van der Waals surface area contributed by atoms with Crippen LogP contribution in [-0.4, -0.2) is 46.8 Å². The Labute approximate surface area is 140 Å². The smallest absolute Gasteiger partial charge is 0.225 e. The van der Waals surface area contributed by atoms with E-state index in [2.05, 4.69) is 5.16 Å². The molecule has 7 heteroatoms. The molecule has 1 heterocycles. The fourth-order valence-corrected chi connectivity index (χ4v) is 2.87. The normalized spacial score (nSPS) is 17.6. The minimum Gasteiger partial charge on any atom is -0.409 e. The van der Waals surface area contributed by atoms with E-state index in [1.165, 1.54) is 0 Å². The van der Waals surface area contributed by atoms with Gasteiger partial charge in [0.25, 0.3) is 0 Å². The third-order valence-corrected chi connectivity index (χ3v) is 4.28. The molecule has 1 amide bonds. The number of benzene rings is 1. The van der Waals surface area contributed by atoms with Crippen LogP contribution in [0.15, 0.2) is 29.4 Å². The summed E-state index contributed by atoms with van der Waals surface area (Å²) in [6.07, 6.45) is 0.349. The Morgan fingerprint density at radius 2 is 1.88 bits per heavy atom. The molecule has 7 nitrogen and oxygen atoms in total. The van der Waals surface area contributed by atoms with Gasteiger partial charge >= 0.3 is 0 Å². The molecule has 3 N–H and O–H groups in total. The number of hydrogen-bond donors (Lipinski definition) is 2. The Hall–Kier alpha value is -2.41. The second-order valence-electron chi connectivity index (χ2n) is 6.08. The maximum Gasteiger partial charge on any atom is 0.225 e. The molecule has 0 spiro atoms. The first-order valence-corrected chi connectivity index (χ1v) is 7.98. The molecule has 0 saturated carbocycles. The van der Waals surface area contributed by atoms with E-state index in [1.54, 1.807) is 36.1 Å². The van der Waals surface area contributed by atoms with Gasteiger partial charge < -0.3 is 15.8 Å². The number of ketones is 1. The number of hydrogen-bond acceptors (Lipinski definition) is 4. The molecule has 1 aromatic carbocycles. The number of nitrogens with two attached hydrogens (primary N) is 1. The van der Waals surface area contributed by atoms with Crippen LogP contribution in [0.5, 0.6) is 0 Å². The molecule has 1 saturated heterocycles. The highest BCUT2D eigenvalue weighted by Crippen LogP contribution is 2.19. The highest BCUT2D eigenvalue weighted by Gasteiger charge is 2.27. The lowest BCUT2D eigenvalue weighted by Crippen LogP contribution is -2.42. The van der Waals surface area contributed by atoms with Gasteiger partial charge in [0.05, 0.1) is 6.10 Å². The van der Waals surface area contributed by atoms with Crippen molar-refractivity contribution in [3.63, 3.8) is 0 Å². The van der Waals surface area contributed by atoms with E-state index in [1.807, 2.05) is 0 Å². The lowest BCUT2D eigenvalue weighted by atomic mass is 9.94. The average Bonchev–Trinajstić information content (AvgIpc) is 2.60. The van der Waals surface area contributed by atoms with Crippen molar-refractivity contribution in [2.75, 3.05) is 13.1 Å². The number of nitrogens with zero attached hydrogens (tertiary/aromatic N) is 2. The Bertz CT molecular complexity index is 636. The first-order chi connectivity index (χ1) is 11.4. The van der Waals surface area contributed by atoms with Crippen molar-refractivity contribution in [1.82, 2.24) is 4.90 Å². The largest absolute Gasteiger partial charge is 0.409 e. The highest BCUT2D eigenvalue weighted by atomic mass is 16.4. The van der Waals surface area contributed by atoms with Gasteiger partial charge in [-0.2, -0.15) is 0 Å². The quantitative estimate of drug-likeness (QED) is 0.279. The summed E-state index contributed by atoms with van der Waals surface area (Å²) in [6, 6.07) is 6.56. The summed E-state index contributed by atoms with van der Waals surface area (Å²) in [6.45, 7) is 2.61. The molecule has 0 aliphatic carbocycles. The number of likely N-dealkylation sites (tertiary alicyclic amines) is 1. The molecule has 1 fully saturated rings. The molecule has 0 aromatic heterocycles. The molecule has 1 aliphatic heterocycles. The number of oxime groups is 1. The Balaban J connectivity index is 2.05. The van der Waals surface area contributed by atoms with Gasteiger partial charge in [-0.3, -0.25) is 9.59 Å². The molecule has 1 unspecified atom stereocenters. The number of carbonyl (C=O) groups is 2. The van der Waals surface area contributed by atoms with Crippen molar-refractivity contribution in [3.8, 4) is 0 Å². The number of carbonyl (C=O) groups excluding carboxylic acids is 2. The van der Waals surface area contributed by atoms with Gasteiger partial charge in [0.15, 0.2) is 11.6 Å². The minimum atomic E-state index is -0.599. The number of Topliss-reactive ketones (excluding diaryl/α,β-unsaturated/α-hetero) is 1. The standard InChI is InChI=1S/C17H22N3O4/c1-11(17(23)20-8-6-12(21)7-9-20)10-15(22)13-4-2-3-5-14(13)16(18)19-24/h2-5,11-12,24H,6-10H2,1H3,(H2,18,19). The summed E-state index contributed by atoms with van der Waals surface area (Å²) in [5, 5.41) is 23.1. The summed E-state index contributed by atoms with van der Waals surface area (Å²) in [5.41, 5.74) is 6.27. The van der Waals surface area contributed by atoms with E-state index in [0.717, 1.165) is 0 Å². The Morgan fingerprint density at radius 3 is 2.46 bits per heavy atom. The first kappa shape index (κ1) is 17.9. The monoisotopic (exact) mass is 332 g/mol. The van der Waals surface area contributed by atoms with E-state index in [0.29, 0.717) is 37.1 Å². The van der Waals surface area contributed by atoms with Crippen molar-refractivity contribution in [2.45, 2.75) is 32.3 Å². The average molecular weight is 332 g/mol. The van der Waals surface area contributed by atoms with Gasteiger partial charge in [-0.1, -0.05) is 36.3 Å². The molecular weight excluding hydrogens is 310 g/mol. The third kappa shape index (κ3) is 4.11. The maximum atomic E-state index is 12.5. The number of amides is 1. The van der Waals surface area contributed by atoms with Gasteiger partial charge in [0.2, 0.25) is 5.91 Å². The zero-order chi connectivity index (χ0) is 17.7. The molecule has 24 heavy (non-hydrogen) atoms. The zero-order valence-electron chi connectivity index (χ0n) is 13.6. The SMILES string of the molecule is CC(CC(=O)c1ccccc1/C(N)=N\O)C(=O)N1CCC([O])CC1. The molecule has 1 radical (unpaired) electrons. The van der Waals surface area contributed by atoms with Crippen molar-refractivity contribution >= 4 is 17.5 Å². The fourth-order valence-electron chi connectivity index (χ4n) is 2.87. The number of amidine groups is 1. The molecule has 0 bridgehead atoms. The summed E-state index contributed by atoms with van der Waals surface area (Å²) in [5.74, 6) is -0.982. The zero-order valence-corrected chi connectivity index (χ0v) is 13.6. The van der Waals surface area contributed by atoms with Crippen molar-refractivity contribution < 1.29 is 19.9 Å². The second kappa shape index (κ2) is 7.92. The van der Waals surface area contributed by atoms with Crippen LogP contribution in [0.25, 0.3) is 0 Å². The van der Waals surface area contributed by atoms with Gasteiger partial charge in [-0.05, 0) is 12.8 Å². The maximum absolute atomic E-state index is 12.5. The third-order valence-electron chi connectivity index (χ3n) is 4.28. The molecule has 1 aliphatic rings. The topological polar surface area (TPSA) is 116 Å². The van der Waals surface area contributed by atoms with E-state index in [9.17, 15) is 14.7 Å². The van der Waals surface area contributed by atoms with E-state index in [4.69, 9.17) is 10.9 Å². The second-order valence-corrected chi connectivity index (χ2v) is 6.08. The molecule has 1 atom stereocenters. The van der Waals surface area contributed by atoms with Crippen LogP contribution in [0.1, 0.15) is 42.1 Å². The Morgan fingerprint density at radius 1 is 1.29 bits per heavy atom. The molecule has 129 valence electrons. The van der Waals surface area contributed by atoms with Gasteiger partial charge in [-0.15, -0.1) is 0 Å². The predicted molar refractivity (Wildman–Crippen MR) is 87.4 cm³/mol. The van der Waals surface area contributed by atoms with Crippen molar-refractivity contribution in [2.24, 2.45) is 16.8 Å². The van der Waals surface area contributed by atoms with Crippen molar-refractivity contribution in [1.29, 1.82) is 0 Å². The van der Waals surface area contributed by atoms with E-state index in [-0.39, 0.29) is 23.9 Å². The summed E-state index contributed by atoms with van der Waals surface area (Å²) in [7, 11) is 0. The summed E-state index contributed by atoms with van der Waals surface area (Å²) >= 11 is 0. The van der Waals surface area contributed by atoms with E-state index >= 15 is 0 Å². The minimum absolute atomic E-state index is 0.0336. The molecular formula is C17H22N3O4. The number of piperidine rings is 1. The lowest BCUT2D eigenvalue weighted by Gasteiger charge is -2.30. The van der Waals surface area contributed by atoms with Gasteiger partial charge in [-0.25, -0.2) is 5.11 Å². The first-order valence-electron chi connectivity index (χ1n) is 7.98. The lowest BCUT2D eigenvalue weighted by molar-refractivity contribution is -0.137. The van der Waals surface area contributed by atoms with Crippen LogP contribution >= 0.6 is 0 Å². The Kier molecular flexibility index (Phi) is 5.92. The molecule has 2 rings (SSSR count). The van der Waals surface area contributed by atoms with Gasteiger partial charge in [0.1, 0.15) is 0 Å². The predicted octanol–water partition coefficient (Wildman–Crippen LogP) is 1.41. The summed E-state index contributed by atoms with van der Waals surface area (Å²) < 4.78 is 0. The van der Waals surface area contributed by atoms with Crippen LogP contribution in [-0.2, 0) is 9.90 Å². The molecule has 1 aromatic rings. The van der Waals surface area contributed by atoms with Crippen LogP contribution in [0.2, 0.25) is 0 Å². The highest BCUT2D eigenvalue weighted by molar-refractivity contribution is 6.09. The van der Waals surface area contributed by atoms with Gasteiger partial charge in [0, 0.05) is 36.6 Å². The van der Waals surface area contributed by atoms with Crippen LogP contribution in [0.4, 0.5) is 0 Å². The summed E-state index contributed by atoms with van der Waals surface area (Å²) in [4.78, 5) is 26.6.